The number of carbonyl (C=O) groups is 1. The summed E-state index contributed by atoms with van der Waals surface area (Å²) in [6.45, 7) is 3.20. The molecule has 2 rings (SSSR count). The van der Waals surface area contributed by atoms with Crippen LogP contribution in [0.4, 0.5) is 11.4 Å². The minimum Gasteiger partial charge on any atom is -0.481 e. The van der Waals surface area contributed by atoms with E-state index in [1.54, 1.807) is 25.1 Å². The molecule has 8 nitrogen and oxygen atoms in total. The Morgan fingerprint density at radius 3 is 2.42 bits per heavy atom. The molecule has 0 radical (unpaired) electrons. The maximum Gasteiger partial charge on any atom is 0.305 e. The van der Waals surface area contributed by atoms with Crippen LogP contribution in [0.2, 0.25) is 0 Å². The van der Waals surface area contributed by atoms with Crippen LogP contribution in [-0.2, 0) is 14.8 Å². The van der Waals surface area contributed by atoms with Crippen LogP contribution in [0.1, 0.15) is 17.5 Å². The number of sulfonamides is 1. The molecule has 0 aliphatic heterocycles. The molecule has 26 heavy (non-hydrogen) atoms. The predicted octanol–water partition coefficient (Wildman–Crippen LogP) is 2.88. The van der Waals surface area contributed by atoms with Gasteiger partial charge < -0.3 is 5.11 Å². The molecule has 2 aromatic carbocycles. The lowest BCUT2D eigenvalue weighted by atomic mass is 10.1. The van der Waals surface area contributed by atoms with Crippen LogP contribution in [0.3, 0.4) is 0 Å². The topological polar surface area (TPSA) is 118 Å². The fraction of sp³-hybridized carbons (Fsp3) is 0.235. The van der Waals surface area contributed by atoms with E-state index in [9.17, 15) is 23.3 Å². The summed E-state index contributed by atoms with van der Waals surface area (Å²) in [5, 5.41) is 20.2. The number of hydrogen-bond acceptors (Lipinski definition) is 5. The van der Waals surface area contributed by atoms with Crippen molar-refractivity contribution >= 4 is 27.4 Å². The van der Waals surface area contributed by atoms with Crippen LogP contribution in [0.25, 0.3) is 0 Å². The van der Waals surface area contributed by atoms with Gasteiger partial charge in [-0.3, -0.25) is 19.2 Å². The van der Waals surface area contributed by atoms with Crippen molar-refractivity contribution in [2.75, 3.05) is 10.8 Å². The fourth-order valence-electron chi connectivity index (χ4n) is 2.60. The smallest absolute Gasteiger partial charge is 0.305 e. The molecule has 0 aliphatic rings. The van der Waals surface area contributed by atoms with Gasteiger partial charge in [0.1, 0.15) is 0 Å². The predicted molar refractivity (Wildman–Crippen MR) is 95.8 cm³/mol. The molecule has 0 aromatic heterocycles. The lowest BCUT2D eigenvalue weighted by molar-refractivity contribution is -0.387. The summed E-state index contributed by atoms with van der Waals surface area (Å²) in [4.78, 5) is 21.0. The number of para-hydroxylation sites is 1. The Kier molecular flexibility index (Phi) is 5.61. The highest BCUT2D eigenvalue weighted by atomic mass is 32.2. The molecular weight excluding hydrogens is 360 g/mol. The van der Waals surface area contributed by atoms with Crippen molar-refractivity contribution in [3.05, 3.63) is 63.7 Å². The molecule has 2 aromatic rings. The van der Waals surface area contributed by atoms with Gasteiger partial charge in [0.25, 0.3) is 15.7 Å². The molecule has 0 unspecified atom stereocenters. The van der Waals surface area contributed by atoms with Crippen molar-refractivity contribution in [1.82, 2.24) is 0 Å². The van der Waals surface area contributed by atoms with Crippen LogP contribution in [-0.4, -0.2) is 31.0 Å². The van der Waals surface area contributed by atoms with Gasteiger partial charge in [-0.05, 0) is 31.5 Å². The number of benzene rings is 2. The third kappa shape index (κ3) is 3.99. The molecule has 138 valence electrons. The molecular formula is C17H18N2O6S. The van der Waals surface area contributed by atoms with Crippen molar-refractivity contribution < 1.29 is 23.2 Å². The van der Waals surface area contributed by atoms with E-state index in [2.05, 4.69) is 0 Å². The highest BCUT2D eigenvalue weighted by molar-refractivity contribution is 7.93. The maximum absolute atomic E-state index is 13.1. The number of carboxylic acid groups (broad SMARTS) is 1. The first kappa shape index (κ1) is 19.4. The zero-order valence-electron chi connectivity index (χ0n) is 14.2. The number of anilines is 1. The minimum absolute atomic E-state index is 0.287. The summed E-state index contributed by atoms with van der Waals surface area (Å²) < 4.78 is 27.2. The standard InChI is InChI=1S/C17H18N2O6S/c1-12-7-8-14(13(2)11-12)18(10-9-17(20)21)26(24,25)16-6-4-3-5-15(16)19(22)23/h3-8,11H,9-10H2,1-2H3,(H,20,21). The molecule has 0 bridgehead atoms. The minimum atomic E-state index is -4.33. The van der Waals surface area contributed by atoms with E-state index in [1.165, 1.54) is 12.1 Å². The molecule has 0 fully saturated rings. The number of hydrogen-bond donors (Lipinski definition) is 1. The molecule has 0 spiro atoms. The third-order valence-electron chi connectivity index (χ3n) is 3.78. The zero-order valence-corrected chi connectivity index (χ0v) is 15.1. The largest absolute Gasteiger partial charge is 0.481 e. The molecule has 9 heteroatoms. The second-order valence-electron chi connectivity index (χ2n) is 5.74. The van der Waals surface area contributed by atoms with Gasteiger partial charge in [0.05, 0.1) is 17.0 Å². The van der Waals surface area contributed by atoms with E-state index < -0.39 is 37.9 Å². The van der Waals surface area contributed by atoms with E-state index in [4.69, 9.17) is 5.11 Å². The van der Waals surface area contributed by atoms with Crippen molar-refractivity contribution in [3.63, 3.8) is 0 Å². The first-order valence-electron chi connectivity index (χ1n) is 7.70. The van der Waals surface area contributed by atoms with Crippen molar-refractivity contribution in [1.29, 1.82) is 0 Å². The molecule has 0 amide bonds. The summed E-state index contributed by atoms with van der Waals surface area (Å²) in [5.74, 6) is -1.17. The van der Waals surface area contributed by atoms with Gasteiger partial charge in [-0.2, -0.15) is 0 Å². The Labute approximate surface area is 150 Å². The SMILES string of the molecule is Cc1ccc(N(CCC(=O)O)S(=O)(=O)c2ccccc2[N+](=O)[O-])c(C)c1. The van der Waals surface area contributed by atoms with Gasteiger partial charge >= 0.3 is 5.97 Å². The number of aliphatic carboxylic acids is 1. The molecule has 0 saturated carbocycles. The Morgan fingerprint density at radius 1 is 1.19 bits per heavy atom. The second-order valence-corrected chi connectivity index (χ2v) is 7.57. The lowest BCUT2D eigenvalue weighted by Gasteiger charge is -2.25. The number of rotatable bonds is 7. The summed E-state index contributed by atoms with van der Waals surface area (Å²) in [5.41, 5.74) is 1.26. The van der Waals surface area contributed by atoms with Gasteiger partial charge in [-0.15, -0.1) is 0 Å². The normalized spacial score (nSPS) is 11.2. The number of carboxylic acids is 1. The first-order valence-corrected chi connectivity index (χ1v) is 9.14. The Hall–Kier alpha value is -2.94. The Balaban J connectivity index is 2.64. The Bertz CT molecular complexity index is 955. The van der Waals surface area contributed by atoms with Crippen molar-refractivity contribution in [3.8, 4) is 0 Å². The third-order valence-corrected chi connectivity index (χ3v) is 5.64. The molecule has 0 saturated heterocycles. The first-order chi connectivity index (χ1) is 12.1. The monoisotopic (exact) mass is 378 g/mol. The van der Waals surface area contributed by atoms with Gasteiger partial charge in [-0.1, -0.05) is 29.8 Å². The van der Waals surface area contributed by atoms with E-state index in [0.717, 1.165) is 22.0 Å². The highest BCUT2D eigenvalue weighted by Crippen LogP contribution is 2.32. The van der Waals surface area contributed by atoms with Crippen LogP contribution in [0, 0.1) is 24.0 Å². The summed E-state index contributed by atoms with van der Waals surface area (Å²) in [6.07, 6.45) is -0.437. The number of nitrogens with zero attached hydrogens (tertiary/aromatic N) is 2. The number of aryl methyl sites for hydroxylation is 2. The van der Waals surface area contributed by atoms with E-state index in [0.29, 0.717) is 5.56 Å². The van der Waals surface area contributed by atoms with E-state index >= 15 is 0 Å². The second kappa shape index (κ2) is 7.52. The van der Waals surface area contributed by atoms with Gasteiger partial charge in [-0.25, -0.2) is 8.42 Å². The maximum atomic E-state index is 13.1. The van der Waals surface area contributed by atoms with E-state index in [1.807, 2.05) is 6.92 Å². The zero-order chi connectivity index (χ0) is 19.5. The van der Waals surface area contributed by atoms with Gasteiger partial charge in [0.2, 0.25) is 0 Å². The highest BCUT2D eigenvalue weighted by Gasteiger charge is 2.32. The fourth-order valence-corrected chi connectivity index (χ4v) is 4.29. The quantitative estimate of drug-likeness (QED) is 0.585. The van der Waals surface area contributed by atoms with Gasteiger partial charge in [0.15, 0.2) is 4.90 Å². The summed E-state index contributed by atoms with van der Waals surface area (Å²) >= 11 is 0. The molecule has 1 N–H and O–H groups in total. The van der Waals surface area contributed by atoms with Crippen LogP contribution >= 0.6 is 0 Å². The van der Waals surface area contributed by atoms with Gasteiger partial charge in [0, 0.05) is 12.6 Å². The number of nitro benzene ring substituents is 1. The van der Waals surface area contributed by atoms with Crippen molar-refractivity contribution in [2.45, 2.75) is 25.2 Å². The summed E-state index contributed by atoms with van der Waals surface area (Å²) in [7, 11) is -4.33. The number of nitro groups is 1. The van der Waals surface area contributed by atoms with E-state index in [-0.39, 0.29) is 12.2 Å². The van der Waals surface area contributed by atoms with Crippen LogP contribution in [0.15, 0.2) is 47.4 Å². The Morgan fingerprint density at radius 2 is 1.85 bits per heavy atom. The van der Waals surface area contributed by atoms with Crippen molar-refractivity contribution in [2.24, 2.45) is 0 Å². The molecule has 0 atom stereocenters. The average Bonchev–Trinajstić information content (AvgIpc) is 2.56. The molecule has 0 heterocycles. The van der Waals surface area contributed by atoms with Crippen LogP contribution < -0.4 is 4.31 Å². The summed E-state index contributed by atoms with van der Waals surface area (Å²) in [6, 6.07) is 10.0. The lowest BCUT2D eigenvalue weighted by Crippen LogP contribution is -2.34. The molecule has 0 aliphatic carbocycles. The van der Waals surface area contributed by atoms with Crippen LogP contribution in [0.5, 0.6) is 0 Å². The average molecular weight is 378 g/mol.